The van der Waals surface area contributed by atoms with E-state index in [4.69, 9.17) is 10.8 Å². The Balaban J connectivity index is 1.57. The highest BCUT2D eigenvalue weighted by Crippen LogP contribution is 2.32. The maximum Gasteiger partial charge on any atom is 0.199 e. The van der Waals surface area contributed by atoms with Crippen LogP contribution in [0.3, 0.4) is 0 Å². The molecule has 0 aliphatic rings. The second-order valence-electron chi connectivity index (χ2n) is 7.60. The van der Waals surface area contributed by atoms with Gasteiger partial charge < -0.3 is 10.3 Å². The largest absolute Gasteiger partial charge is 0.381 e. The predicted molar refractivity (Wildman–Crippen MR) is 125 cm³/mol. The number of nitrogens with zero attached hydrogens (tertiary/aromatic N) is 9. The molecule has 0 aliphatic carbocycles. The van der Waals surface area contributed by atoms with Crippen molar-refractivity contribution in [3.63, 3.8) is 0 Å². The summed E-state index contributed by atoms with van der Waals surface area (Å²) in [5.41, 5.74) is 10.6. The molecule has 10 nitrogen and oxygen atoms in total. The van der Waals surface area contributed by atoms with Crippen LogP contribution >= 0.6 is 0 Å². The zero-order valence-corrected chi connectivity index (χ0v) is 17.7. The van der Waals surface area contributed by atoms with E-state index in [1.165, 1.54) is 6.33 Å². The van der Waals surface area contributed by atoms with Gasteiger partial charge in [-0.2, -0.15) is 5.26 Å². The standard InChI is InChI=1S/C24H16N10/c25-12-15-3-1-4-17(11-15)20-21(18-6-9-27-14-29-18)34-24(22(26)31-20)30-19(32-34)13-33-10-7-16-5-2-8-28-23(16)33/h1-11,14H,13H2,(H2,26,31). The highest BCUT2D eigenvalue weighted by atomic mass is 15.3. The molecule has 0 radical (unpaired) electrons. The second-order valence-corrected chi connectivity index (χ2v) is 7.60. The number of nitriles is 1. The lowest BCUT2D eigenvalue weighted by molar-refractivity contribution is 0.758. The molecule has 6 rings (SSSR count). The van der Waals surface area contributed by atoms with Crippen LogP contribution in [0.1, 0.15) is 11.4 Å². The fourth-order valence-corrected chi connectivity index (χ4v) is 3.97. The number of pyridine rings is 1. The van der Waals surface area contributed by atoms with Gasteiger partial charge in [-0.25, -0.2) is 29.4 Å². The van der Waals surface area contributed by atoms with Crippen LogP contribution < -0.4 is 5.73 Å². The van der Waals surface area contributed by atoms with E-state index in [0.717, 1.165) is 16.6 Å². The Labute approximate surface area is 193 Å². The van der Waals surface area contributed by atoms with Crippen LogP contribution in [0, 0.1) is 11.3 Å². The molecule has 2 N–H and O–H groups in total. The summed E-state index contributed by atoms with van der Waals surface area (Å²) in [5.74, 6) is 0.777. The van der Waals surface area contributed by atoms with Gasteiger partial charge in [-0.05, 0) is 36.4 Å². The lowest BCUT2D eigenvalue weighted by atomic mass is 10.0. The maximum absolute atomic E-state index is 9.37. The summed E-state index contributed by atoms with van der Waals surface area (Å²) >= 11 is 0. The number of hydrogen-bond acceptors (Lipinski definition) is 8. The molecule has 6 aromatic rings. The maximum atomic E-state index is 9.37. The zero-order chi connectivity index (χ0) is 23.1. The molecule has 0 saturated carbocycles. The van der Waals surface area contributed by atoms with Crippen molar-refractivity contribution in [3.8, 4) is 28.7 Å². The number of hydrogen-bond donors (Lipinski definition) is 1. The van der Waals surface area contributed by atoms with Gasteiger partial charge in [0.1, 0.15) is 23.4 Å². The van der Waals surface area contributed by atoms with Gasteiger partial charge in [0.25, 0.3) is 0 Å². The lowest BCUT2D eigenvalue weighted by Crippen LogP contribution is -2.06. The normalized spacial score (nSPS) is 11.1. The van der Waals surface area contributed by atoms with Crippen LogP contribution in [0.4, 0.5) is 5.82 Å². The van der Waals surface area contributed by atoms with Gasteiger partial charge in [-0.15, -0.1) is 5.10 Å². The summed E-state index contributed by atoms with van der Waals surface area (Å²) in [6.45, 7) is 0.407. The van der Waals surface area contributed by atoms with E-state index in [9.17, 15) is 5.26 Å². The van der Waals surface area contributed by atoms with Gasteiger partial charge in [0.15, 0.2) is 17.3 Å². The molecule has 0 saturated heterocycles. The number of anilines is 1. The summed E-state index contributed by atoms with van der Waals surface area (Å²) in [5, 5.41) is 15.2. The van der Waals surface area contributed by atoms with Crippen LogP contribution in [0.5, 0.6) is 0 Å². The Kier molecular flexibility index (Phi) is 4.45. The summed E-state index contributed by atoms with van der Waals surface area (Å²) < 4.78 is 3.64. The summed E-state index contributed by atoms with van der Waals surface area (Å²) in [7, 11) is 0. The van der Waals surface area contributed by atoms with Crippen LogP contribution in [0.2, 0.25) is 0 Å². The van der Waals surface area contributed by atoms with Gasteiger partial charge in [0, 0.05) is 29.5 Å². The second kappa shape index (κ2) is 7.75. The van der Waals surface area contributed by atoms with Crippen molar-refractivity contribution < 1.29 is 0 Å². The van der Waals surface area contributed by atoms with E-state index in [1.807, 2.05) is 35.0 Å². The van der Waals surface area contributed by atoms with Crippen molar-refractivity contribution in [2.75, 3.05) is 5.73 Å². The van der Waals surface area contributed by atoms with E-state index >= 15 is 0 Å². The number of nitrogens with two attached hydrogens (primary N) is 1. The molecule has 10 heteroatoms. The Morgan fingerprint density at radius 2 is 1.91 bits per heavy atom. The average molecular weight is 444 g/mol. The van der Waals surface area contributed by atoms with E-state index in [-0.39, 0.29) is 5.82 Å². The van der Waals surface area contributed by atoms with Crippen molar-refractivity contribution in [3.05, 3.63) is 84.8 Å². The van der Waals surface area contributed by atoms with Crippen molar-refractivity contribution in [1.82, 2.24) is 39.1 Å². The third-order valence-corrected chi connectivity index (χ3v) is 5.47. The Morgan fingerprint density at radius 1 is 0.971 bits per heavy atom. The van der Waals surface area contributed by atoms with E-state index < -0.39 is 0 Å². The molecule has 0 fully saturated rings. The molecule has 0 amide bonds. The first-order valence-corrected chi connectivity index (χ1v) is 10.4. The summed E-state index contributed by atoms with van der Waals surface area (Å²) in [6.07, 6.45) is 6.82. The molecular formula is C24H16N10. The fraction of sp³-hybridized carbons (Fsp3) is 0.0417. The molecule has 0 atom stereocenters. The smallest absolute Gasteiger partial charge is 0.199 e. The molecule has 5 heterocycles. The minimum Gasteiger partial charge on any atom is -0.381 e. The molecule has 0 unspecified atom stereocenters. The molecule has 5 aromatic heterocycles. The van der Waals surface area contributed by atoms with Gasteiger partial charge in [0.05, 0.1) is 23.9 Å². The van der Waals surface area contributed by atoms with Crippen LogP contribution in [-0.2, 0) is 6.54 Å². The monoisotopic (exact) mass is 444 g/mol. The molecular weight excluding hydrogens is 428 g/mol. The Morgan fingerprint density at radius 3 is 2.76 bits per heavy atom. The SMILES string of the molecule is N#Cc1cccc(-c2nc(N)c3nc(Cn4ccc5cccnc54)nn3c2-c2ccncn2)c1. The van der Waals surface area contributed by atoms with Crippen molar-refractivity contribution in [1.29, 1.82) is 5.26 Å². The third-order valence-electron chi connectivity index (χ3n) is 5.47. The van der Waals surface area contributed by atoms with E-state index in [2.05, 4.69) is 31.0 Å². The summed E-state index contributed by atoms with van der Waals surface area (Å²) in [6, 6.07) is 17.0. The third kappa shape index (κ3) is 3.20. The van der Waals surface area contributed by atoms with Crippen LogP contribution in [-0.4, -0.2) is 39.1 Å². The van der Waals surface area contributed by atoms with Crippen LogP contribution in [0.25, 0.3) is 39.3 Å². The molecule has 0 spiro atoms. The number of benzene rings is 1. The van der Waals surface area contributed by atoms with Gasteiger partial charge in [-0.3, -0.25) is 0 Å². The number of nitrogen functional groups attached to an aromatic ring is 1. The van der Waals surface area contributed by atoms with E-state index in [1.54, 1.807) is 41.2 Å². The highest BCUT2D eigenvalue weighted by Gasteiger charge is 2.21. The minimum atomic E-state index is 0.226. The summed E-state index contributed by atoms with van der Waals surface area (Å²) in [4.78, 5) is 22.2. The highest BCUT2D eigenvalue weighted by molar-refractivity contribution is 5.81. The predicted octanol–water partition coefficient (Wildman–Crippen LogP) is 3.10. The number of fused-ring (bicyclic) bond motifs is 2. The Bertz CT molecular complexity index is 1710. The molecule has 1 aromatic carbocycles. The average Bonchev–Trinajstić information content (AvgIpc) is 3.49. The van der Waals surface area contributed by atoms with Gasteiger partial charge in [-0.1, -0.05) is 12.1 Å². The minimum absolute atomic E-state index is 0.226. The lowest BCUT2D eigenvalue weighted by Gasteiger charge is -2.11. The molecule has 162 valence electrons. The molecule has 34 heavy (non-hydrogen) atoms. The van der Waals surface area contributed by atoms with Gasteiger partial charge >= 0.3 is 0 Å². The van der Waals surface area contributed by atoms with Crippen molar-refractivity contribution in [2.24, 2.45) is 0 Å². The zero-order valence-electron chi connectivity index (χ0n) is 17.7. The number of aromatic nitrogens is 8. The first-order valence-electron chi connectivity index (χ1n) is 10.4. The quantitative estimate of drug-likeness (QED) is 0.438. The first kappa shape index (κ1) is 19.5. The molecule has 0 bridgehead atoms. The topological polar surface area (TPSA) is 136 Å². The van der Waals surface area contributed by atoms with E-state index in [0.29, 0.717) is 40.7 Å². The number of rotatable bonds is 4. The Hall–Kier alpha value is -5.17. The van der Waals surface area contributed by atoms with Crippen molar-refractivity contribution in [2.45, 2.75) is 6.54 Å². The molecule has 0 aliphatic heterocycles. The van der Waals surface area contributed by atoms with Crippen molar-refractivity contribution >= 4 is 22.5 Å². The first-order chi connectivity index (χ1) is 16.7. The fourth-order valence-electron chi connectivity index (χ4n) is 3.97. The van der Waals surface area contributed by atoms with Crippen LogP contribution in [0.15, 0.2) is 73.4 Å². The van der Waals surface area contributed by atoms with Gasteiger partial charge in [0.2, 0.25) is 0 Å².